The molecule has 0 bridgehead atoms. The number of para-hydroxylation sites is 3. The van der Waals surface area contributed by atoms with Gasteiger partial charge in [-0.15, -0.1) is 0 Å². The highest BCUT2D eigenvalue weighted by atomic mass is 16.2. The van der Waals surface area contributed by atoms with Gasteiger partial charge < -0.3 is 9.13 Å². The number of amides is 2. The molecule has 0 aliphatic carbocycles. The molecule has 8 aromatic rings. The van der Waals surface area contributed by atoms with Crippen LogP contribution in [0.25, 0.3) is 55.0 Å². The average Bonchev–Trinajstić information content (AvgIpc) is 3.68. The van der Waals surface area contributed by atoms with Gasteiger partial charge in [0.2, 0.25) is 0 Å². The first-order valence-electron chi connectivity index (χ1n) is 15.1. The third-order valence-corrected chi connectivity index (χ3v) is 9.15. The topological polar surface area (TPSA) is 71.0 Å². The second-order valence-corrected chi connectivity index (χ2v) is 11.7. The van der Waals surface area contributed by atoms with Crippen LogP contribution in [-0.4, -0.2) is 20.9 Å². The van der Waals surface area contributed by atoms with Gasteiger partial charge in [-0.05, 0) is 67.6 Å². The first-order valence-corrected chi connectivity index (χ1v) is 15.1. The molecule has 0 fully saturated rings. The number of imide groups is 1. The van der Waals surface area contributed by atoms with Crippen LogP contribution in [0.4, 0.5) is 5.69 Å². The highest BCUT2D eigenvalue weighted by Gasteiger charge is 2.38. The number of hydrogen-bond donors (Lipinski definition) is 0. The second kappa shape index (κ2) is 9.52. The van der Waals surface area contributed by atoms with E-state index < -0.39 is 11.8 Å². The summed E-state index contributed by atoms with van der Waals surface area (Å²) in [7, 11) is 0. The van der Waals surface area contributed by atoms with Gasteiger partial charge in [-0.3, -0.25) is 9.59 Å². The summed E-state index contributed by atoms with van der Waals surface area (Å²) >= 11 is 0. The van der Waals surface area contributed by atoms with Gasteiger partial charge in [-0.1, -0.05) is 72.3 Å². The fraction of sp³-hybridized carbons (Fsp3) is 0.0250. The average molecular weight is 593 g/mol. The van der Waals surface area contributed by atoms with Crippen LogP contribution in [0.5, 0.6) is 0 Å². The number of aromatic nitrogens is 2. The van der Waals surface area contributed by atoms with E-state index >= 15 is 0 Å². The highest BCUT2D eigenvalue weighted by molar-refractivity contribution is 6.35. The molecule has 9 rings (SSSR count). The molecule has 0 atom stereocenters. The monoisotopic (exact) mass is 592 g/mol. The smallest absolute Gasteiger partial charge is 0.266 e. The minimum absolute atomic E-state index is 0.355. The van der Waals surface area contributed by atoms with Crippen molar-refractivity contribution in [3.05, 3.63) is 150 Å². The van der Waals surface area contributed by atoms with E-state index in [0.717, 1.165) is 49.3 Å². The summed E-state index contributed by atoms with van der Waals surface area (Å²) in [5.74, 6) is -0.803. The third-order valence-electron chi connectivity index (χ3n) is 9.15. The number of carbonyl (C=O) groups excluding carboxylic acids is 2. The van der Waals surface area contributed by atoms with Gasteiger partial charge >= 0.3 is 0 Å². The number of rotatable bonds is 3. The van der Waals surface area contributed by atoms with Crippen molar-refractivity contribution >= 4 is 61.1 Å². The molecule has 46 heavy (non-hydrogen) atoms. The molecule has 0 radical (unpaired) electrons. The number of aryl methyl sites for hydroxylation is 1. The minimum atomic E-state index is -0.402. The molecule has 1 aliphatic heterocycles. The van der Waals surface area contributed by atoms with Crippen molar-refractivity contribution in [1.82, 2.24) is 9.13 Å². The molecule has 6 aromatic carbocycles. The molecule has 0 N–H and O–H groups in total. The molecular weight excluding hydrogens is 568 g/mol. The third kappa shape index (κ3) is 3.45. The molecular formula is C40H24N4O2. The summed E-state index contributed by atoms with van der Waals surface area (Å²) < 4.78 is 4.34. The van der Waals surface area contributed by atoms with E-state index in [1.807, 2.05) is 28.8 Å². The summed E-state index contributed by atoms with van der Waals surface area (Å²) in [5, 5.41) is 14.6. The summed E-state index contributed by atoms with van der Waals surface area (Å²) in [6.07, 6.45) is 0. The predicted octanol–water partition coefficient (Wildman–Crippen LogP) is 8.86. The Labute approximate surface area is 263 Å². The Balaban J connectivity index is 1.40. The largest absolute Gasteiger partial charge is 0.309 e. The van der Waals surface area contributed by atoms with Gasteiger partial charge in [0.25, 0.3) is 11.8 Å². The molecule has 0 unspecified atom stereocenters. The van der Waals surface area contributed by atoms with Crippen LogP contribution in [0.1, 0.15) is 31.8 Å². The number of benzene rings is 6. The van der Waals surface area contributed by atoms with Crippen molar-refractivity contribution in [3.8, 4) is 17.4 Å². The van der Waals surface area contributed by atoms with Gasteiger partial charge in [0.1, 0.15) is 6.07 Å². The molecule has 1 aliphatic rings. The van der Waals surface area contributed by atoms with Crippen molar-refractivity contribution in [2.24, 2.45) is 0 Å². The molecule has 0 saturated heterocycles. The van der Waals surface area contributed by atoms with E-state index in [1.165, 1.54) is 10.5 Å². The summed E-state index contributed by atoms with van der Waals surface area (Å²) in [6, 6.07) is 43.8. The van der Waals surface area contributed by atoms with Crippen molar-refractivity contribution in [3.63, 3.8) is 0 Å². The van der Waals surface area contributed by atoms with Crippen LogP contribution in [0.2, 0.25) is 0 Å². The molecule has 0 spiro atoms. The van der Waals surface area contributed by atoms with Crippen LogP contribution in [0, 0.1) is 18.3 Å². The number of hydrogen-bond acceptors (Lipinski definition) is 3. The van der Waals surface area contributed by atoms with E-state index in [2.05, 4.69) is 78.2 Å². The lowest BCUT2D eigenvalue weighted by Gasteiger charge is -2.21. The van der Waals surface area contributed by atoms with Crippen molar-refractivity contribution in [1.29, 1.82) is 5.26 Å². The zero-order valence-electron chi connectivity index (χ0n) is 24.7. The minimum Gasteiger partial charge on any atom is -0.309 e. The molecule has 2 aromatic heterocycles. The fourth-order valence-electron chi connectivity index (χ4n) is 7.09. The number of carbonyl (C=O) groups is 2. The Kier molecular flexibility index (Phi) is 5.38. The van der Waals surface area contributed by atoms with Crippen LogP contribution < -0.4 is 4.90 Å². The van der Waals surface area contributed by atoms with E-state index in [4.69, 9.17) is 0 Å². The summed E-state index contributed by atoms with van der Waals surface area (Å²) in [4.78, 5) is 28.7. The number of anilines is 1. The van der Waals surface area contributed by atoms with E-state index in [-0.39, 0.29) is 0 Å². The highest BCUT2D eigenvalue weighted by Crippen LogP contribution is 2.43. The maximum absolute atomic E-state index is 13.7. The Morgan fingerprint density at radius 2 is 1.09 bits per heavy atom. The Morgan fingerprint density at radius 3 is 1.70 bits per heavy atom. The van der Waals surface area contributed by atoms with Crippen molar-refractivity contribution in [2.75, 3.05) is 4.90 Å². The summed E-state index contributed by atoms with van der Waals surface area (Å²) in [5.41, 5.74) is 8.10. The SMILES string of the molecule is Cc1ccc(-n2c3ccccc3c3cc4c(cc32)c2ccccc2n4-c2c(C#N)cccc2N2C(=O)c3ccccc3C2=O)cc1. The zero-order valence-corrected chi connectivity index (χ0v) is 24.7. The van der Waals surface area contributed by atoms with Crippen molar-refractivity contribution < 1.29 is 9.59 Å². The fourth-order valence-corrected chi connectivity index (χ4v) is 7.09. The lowest BCUT2D eigenvalue weighted by atomic mass is 10.1. The standard InChI is InChI=1S/C40H24N4O2/c1-24-17-19-26(20-18-24)42-33-14-6-4-10-27(33)31-22-37-32(21-36(31)42)28-11-5-7-15-34(28)43(37)38-25(23-41)9-8-16-35(38)44-39(45)29-12-2-3-13-30(29)40(44)46/h2-22H,1H3. The normalized spacial score (nSPS) is 12.9. The molecule has 6 nitrogen and oxygen atoms in total. The second-order valence-electron chi connectivity index (χ2n) is 11.7. The van der Waals surface area contributed by atoms with E-state index in [0.29, 0.717) is 28.1 Å². The van der Waals surface area contributed by atoms with Crippen LogP contribution in [0.3, 0.4) is 0 Å². The molecule has 6 heteroatoms. The van der Waals surface area contributed by atoms with Gasteiger partial charge in [-0.2, -0.15) is 5.26 Å². The van der Waals surface area contributed by atoms with Crippen LogP contribution >= 0.6 is 0 Å². The van der Waals surface area contributed by atoms with Gasteiger partial charge in [0, 0.05) is 27.2 Å². The van der Waals surface area contributed by atoms with Crippen LogP contribution in [0.15, 0.2) is 127 Å². The maximum atomic E-state index is 13.7. The lowest BCUT2D eigenvalue weighted by Crippen LogP contribution is -2.30. The number of nitrogens with zero attached hydrogens (tertiary/aromatic N) is 4. The lowest BCUT2D eigenvalue weighted by molar-refractivity contribution is 0.0926. The van der Waals surface area contributed by atoms with Gasteiger partial charge in [0.05, 0.1) is 50.1 Å². The first-order chi connectivity index (χ1) is 22.5. The van der Waals surface area contributed by atoms with Crippen molar-refractivity contribution in [2.45, 2.75) is 6.92 Å². The first kappa shape index (κ1) is 26.0. The van der Waals surface area contributed by atoms with Gasteiger partial charge in [-0.25, -0.2) is 4.90 Å². The summed E-state index contributed by atoms with van der Waals surface area (Å²) in [6.45, 7) is 2.09. The molecule has 216 valence electrons. The Morgan fingerprint density at radius 1 is 0.543 bits per heavy atom. The Bertz CT molecular complexity index is 2620. The number of nitriles is 1. The molecule has 3 heterocycles. The maximum Gasteiger partial charge on any atom is 0.266 e. The predicted molar refractivity (Wildman–Crippen MR) is 182 cm³/mol. The van der Waals surface area contributed by atoms with Gasteiger partial charge in [0.15, 0.2) is 0 Å². The molecule has 0 saturated carbocycles. The Hall–Kier alpha value is -6.45. The molecule has 2 amide bonds. The quantitative estimate of drug-likeness (QED) is 0.192. The van der Waals surface area contributed by atoms with Crippen LogP contribution in [-0.2, 0) is 0 Å². The zero-order chi connectivity index (χ0) is 31.1. The van der Waals surface area contributed by atoms with E-state index in [1.54, 1.807) is 42.5 Å². The number of fused-ring (bicyclic) bond motifs is 7. The van der Waals surface area contributed by atoms with E-state index in [9.17, 15) is 14.9 Å².